The smallest absolute Gasteiger partial charge is 0.356 e. The van der Waals surface area contributed by atoms with Gasteiger partial charge in [0.2, 0.25) is 0 Å². The van der Waals surface area contributed by atoms with E-state index in [1.54, 1.807) is 0 Å². The first-order chi connectivity index (χ1) is 4.74. The molecule has 4 N–H and O–H groups in total. The summed E-state index contributed by atoms with van der Waals surface area (Å²) in [7, 11) is 0. The van der Waals surface area contributed by atoms with Crippen LogP contribution in [0.2, 0.25) is 0 Å². The monoisotopic (exact) mass is 177 g/mol. The predicted octanol–water partition coefficient (Wildman–Crippen LogP) is -0.0116. The van der Waals surface area contributed by atoms with Crippen LogP contribution in [-0.4, -0.2) is 21.3 Å². The van der Waals surface area contributed by atoms with E-state index >= 15 is 0 Å². The number of aromatic amines is 1. The van der Waals surface area contributed by atoms with Crippen LogP contribution >= 0.6 is 12.4 Å². The first kappa shape index (κ1) is 9.93. The molecule has 0 aliphatic rings. The highest BCUT2D eigenvalue weighted by Crippen LogP contribution is 1.96. The number of hydrogen-bond acceptors (Lipinski definition) is 3. The number of halogens is 1. The zero-order chi connectivity index (χ0) is 7.56. The highest BCUT2D eigenvalue weighted by molar-refractivity contribution is 5.85. The van der Waals surface area contributed by atoms with E-state index < -0.39 is 5.97 Å². The molecule has 1 rings (SSSR count). The number of nitrogens with zero attached hydrogens (tertiary/aromatic N) is 1. The number of aromatic nitrogens is 2. The fraction of sp³-hybridized carbons (Fsp3) is 0.200. The van der Waals surface area contributed by atoms with Gasteiger partial charge in [-0.3, -0.25) is 5.10 Å². The third-order valence-electron chi connectivity index (χ3n) is 1.07. The summed E-state index contributed by atoms with van der Waals surface area (Å²) in [5, 5.41) is 14.3. The Balaban J connectivity index is 0.000001000. The lowest BCUT2D eigenvalue weighted by molar-refractivity contribution is 0.0690. The van der Waals surface area contributed by atoms with Gasteiger partial charge in [0.1, 0.15) is 0 Å². The molecule has 0 saturated carbocycles. The van der Waals surface area contributed by atoms with Gasteiger partial charge in [0, 0.05) is 12.2 Å². The number of carbonyl (C=O) groups is 1. The molecule has 6 heteroatoms. The number of nitrogens with two attached hydrogens (primary N) is 1. The average Bonchev–Trinajstić information content (AvgIpc) is 2.34. The van der Waals surface area contributed by atoms with Crippen molar-refractivity contribution in [2.75, 3.05) is 0 Å². The van der Waals surface area contributed by atoms with Crippen LogP contribution < -0.4 is 5.73 Å². The minimum Gasteiger partial charge on any atom is -0.476 e. The largest absolute Gasteiger partial charge is 0.476 e. The van der Waals surface area contributed by atoms with Crippen molar-refractivity contribution in [3.8, 4) is 0 Å². The molecule has 0 aliphatic carbocycles. The molecule has 11 heavy (non-hydrogen) atoms. The number of H-pyrrole nitrogens is 1. The van der Waals surface area contributed by atoms with Crippen molar-refractivity contribution in [2.24, 2.45) is 5.73 Å². The first-order valence-electron chi connectivity index (χ1n) is 2.71. The molecule has 5 nitrogen and oxygen atoms in total. The highest BCUT2D eigenvalue weighted by atomic mass is 35.5. The number of nitrogens with one attached hydrogen (secondary N) is 1. The van der Waals surface area contributed by atoms with Crippen LogP contribution in [0, 0.1) is 0 Å². The Morgan fingerprint density at radius 1 is 1.82 bits per heavy atom. The van der Waals surface area contributed by atoms with Gasteiger partial charge in [-0.05, 0) is 6.07 Å². The molecule has 0 aliphatic heterocycles. The Bertz CT molecular complexity index is 248. The molecule has 0 fully saturated rings. The first-order valence-corrected chi connectivity index (χ1v) is 2.71. The lowest BCUT2D eigenvalue weighted by Gasteiger charge is -1.81. The van der Waals surface area contributed by atoms with E-state index in [0.717, 1.165) is 0 Å². The Morgan fingerprint density at radius 3 is 2.73 bits per heavy atom. The summed E-state index contributed by atoms with van der Waals surface area (Å²) in [5.41, 5.74) is 5.82. The van der Waals surface area contributed by atoms with Gasteiger partial charge in [-0.2, -0.15) is 5.10 Å². The lowest BCUT2D eigenvalue weighted by Crippen LogP contribution is -1.96. The molecular formula is C5H8ClN3O2. The van der Waals surface area contributed by atoms with Crippen molar-refractivity contribution < 1.29 is 9.90 Å². The summed E-state index contributed by atoms with van der Waals surface area (Å²) < 4.78 is 0. The molecule has 1 aromatic rings. The van der Waals surface area contributed by atoms with E-state index in [4.69, 9.17) is 10.8 Å². The van der Waals surface area contributed by atoms with Crippen molar-refractivity contribution in [1.82, 2.24) is 10.2 Å². The van der Waals surface area contributed by atoms with Gasteiger partial charge in [0.05, 0.1) is 0 Å². The number of hydrogen-bond donors (Lipinski definition) is 3. The Labute approximate surface area is 69.0 Å². The van der Waals surface area contributed by atoms with Crippen LogP contribution in [0.1, 0.15) is 16.2 Å². The van der Waals surface area contributed by atoms with E-state index in [1.165, 1.54) is 6.07 Å². The summed E-state index contributed by atoms with van der Waals surface area (Å²) in [4.78, 5) is 10.2. The molecule has 0 spiro atoms. The number of carboxylic acid groups (broad SMARTS) is 1. The minimum absolute atomic E-state index is 0. The van der Waals surface area contributed by atoms with Crippen LogP contribution in [-0.2, 0) is 6.54 Å². The van der Waals surface area contributed by atoms with Crippen molar-refractivity contribution in [2.45, 2.75) is 6.54 Å². The third-order valence-corrected chi connectivity index (χ3v) is 1.07. The van der Waals surface area contributed by atoms with Gasteiger partial charge in [-0.1, -0.05) is 0 Å². The maximum Gasteiger partial charge on any atom is 0.356 e. The molecule has 0 bridgehead atoms. The molecule has 0 radical (unpaired) electrons. The second-order valence-electron chi connectivity index (χ2n) is 1.79. The molecule has 0 saturated heterocycles. The molecule has 1 heterocycles. The average molecular weight is 178 g/mol. The lowest BCUT2D eigenvalue weighted by atomic mass is 10.3. The van der Waals surface area contributed by atoms with Crippen molar-refractivity contribution in [3.05, 3.63) is 17.5 Å². The normalized spacial score (nSPS) is 8.82. The molecule has 1 aromatic heterocycles. The van der Waals surface area contributed by atoms with E-state index in [1.807, 2.05) is 0 Å². The molecule has 0 unspecified atom stereocenters. The van der Waals surface area contributed by atoms with Gasteiger partial charge >= 0.3 is 5.97 Å². The van der Waals surface area contributed by atoms with E-state index in [-0.39, 0.29) is 24.6 Å². The second kappa shape index (κ2) is 3.95. The van der Waals surface area contributed by atoms with Crippen LogP contribution in [0.5, 0.6) is 0 Å². The molecule has 0 aromatic carbocycles. The molecule has 0 atom stereocenters. The SMILES string of the molecule is Cl.NCc1cc(C(=O)O)n[nH]1. The van der Waals surface area contributed by atoms with Gasteiger partial charge in [-0.25, -0.2) is 4.79 Å². The summed E-state index contributed by atoms with van der Waals surface area (Å²) >= 11 is 0. The van der Waals surface area contributed by atoms with Gasteiger partial charge in [0.15, 0.2) is 5.69 Å². The highest BCUT2D eigenvalue weighted by Gasteiger charge is 2.05. The molecule has 0 amide bonds. The van der Waals surface area contributed by atoms with Gasteiger partial charge in [-0.15, -0.1) is 12.4 Å². The second-order valence-corrected chi connectivity index (χ2v) is 1.79. The summed E-state index contributed by atoms with van der Waals surface area (Å²) in [5.74, 6) is -1.05. The van der Waals surface area contributed by atoms with E-state index in [2.05, 4.69) is 10.2 Å². The maximum atomic E-state index is 10.2. The number of aromatic carboxylic acids is 1. The molecular weight excluding hydrogens is 170 g/mol. The van der Waals surface area contributed by atoms with Crippen molar-refractivity contribution in [1.29, 1.82) is 0 Å². The van der Waals surface area contributed by atoms with Crippen molar-refractivity contribution in [3.63, 3.8) is 0 Å². The molecule has 62 valence electrons. The zero-order valence-electron chi connectivity index (χ0n) is 5.57. The zero-order valence-corrected chi connectivity index (χ0v) is 6.39. The fourth-order valence-corrected chi connectivity index (χ4v) is 0.576. The number of rotatable bonds is 2. The van der Waals surface area contributed by atoms with Crippen LogP contribution in [0.15, 0.2) is 6.07 Å². The summed E-state index contributed by atoms with van der Waals surface area (Å²) in [6.45, 7) is 0.278. The topological polar surface area (TPSA) is 92.0 Å². The summed E-state index contributed by atoms with van der Waals surface area (Å²) in [6.07, 6.45) is 0. The van der Waals surface area contributed by atoms with Crippen LogP contribution in [0.4, 0.5) is 0 Å². The third kappa shape index (κ3) is 2.21. The van der Waals surface area contributed by atoms with Gasteiger partial charge in [0.25, 0.3) is 0 Å². The Hall–Kier alpha value is -1.07. The van der Waals surface area contributed by atoms with Crippen LogP contribution in [0.3, 0.4) is 0 Å². The predicted molar refractivity (Wildman–Crippen MR) is 40.7 cm³/mol. The van der Waals surface area contributed by atoms with E-state index in [9.17, 15) is 4.79 Å². The minimum atomic E-state index is -1.05. The standard InChI is InChI=1S/C5H7N3O2.ClH/c6-2-3-1-4(5(9)10)8-7-3;/h1H,2,6H2,(H,7,8)(H,9,10);1H. The maximum absolute atomic E-state index is 10.2. The summed E-state index contributed by atoms with van der Waals surface area (Å²) in [6, 6.07) is 1.41. The van der Waals surface area contributed by atoms with Crippen molar-refractivity contribution >= 4 is 18.4 Å². The Morgan fingerprint density at radius 2 is 2.45 bits per heavy atom. The van der Waals surface area contributed by atoms with E-state index in [0.29, 0.717) is 5.69 Å². The Kier molecular flexibility index (Phi) is 3.56. The quantitative estimate of drug-likeness (QED) is 0.593. The fourth-order valence-electron chi connectivity index (χ4n) is 0.576. The number of carboxylic acids is 1. The van der Waals surface area contributed by atoms with Crippen LogP contribution in [0.25, 0.3) is 0 Å². The van der Waals surface area contributed by atoms with Gasteiger partial charge < -0.3 is 10.8 Å².